The zero-order valence-corrected chi connectivity index (χ0v) is 13.1. The van der Waals surface area contributed by atoms with E-state index in [0.29, 0.717) is 5.56 Å². The van der Waals surface area contributed by atoms with E-state index in [1.54, 1.807) is 11.3 Å². The summed E-state index contributed by atoms with van der Waals surface area (Å²) in [5.41, 5.74) is 3.78. The van der Waals surface area contributed by atoms with E-state index in [9.17, 15) is 4.79 Å². The van der Waals surface area contributed by atoms with Crippen molar-refractivity contribution in [1.29, 1.82) is 0 Å². The Labute approximate surface area is 128 Å². The first-order valence-corrected chi connectivity index (χ1v) is 8.07. The van der Waals surface area contributed by atoms with Gasteiger partial charge in [0.2, 0.25) is 0 Å². The Hall–Kier alpha value is -1.88. The van der Waals surface area contributed by atoms with E-state index in [2.05, 4.69) is 15.6 Å². The lowest BCUT2D eigenvalue weighted by molar-refractivity contribution is 0.102. The van der Waals surface area contributed by atoms with E-state index in [0.717, 1.165) is 29.2 Å². The molecule has 0 spiro atoms. The highest BCUT2D eigenvalue weighted by Gasteiger charge is 2.18. The zero-order chi connectivity index (χ0) is 14.8. The standard InChI is InChI=1S/C16H19N3OS/c1-10-7-8-11(13(9-10)17-2)15(20)19-16-18-12-5-3-4-6-14(12)21-16/h7-9,17H,3-6H2,1-2H3,(H,18,19,20). The third-order valence-corrected chi connectivity index (χ3v) is 4.83. The van der Waals surface area contributed by atoms with Gasteiger partial charge in [0.15, 0.2) is 5.13 Å². The van der Waals surface area contributed by atoms with Crippen molar-refractivity contribution in [2.75, 3.05) is 17.7 Å². The van der Waals surface area contributed by atoms with Gasteiger partial charge in [0.25, 0.3) is 5.91 Å². The Morgan fingerprint density at radius 1 is 1.29 bits per heavy atom. The Morgan fingerprint density at radius 3 is 2.86 bits per heavy atom. The highest BCUT2D eigenvalue weighted by atomic mass is 32.1. The van der Waals surface area contributed by atoms with Crippen LogP contribution in [0.1, 0.15) is 39.3 Å². The fourth-order valence-electron chi connectivity index (χ4n) is 2.63. The molecule has 1 heterocycles. The lowest BCUT2D eigenvalue weighted by atomic mass is 10.0. The Bertz CT molecular complexity index is 655. The maximum absolute atomic E-state index is 12.4. The maximum Gasteiger partial charge on any atom is 0.259 e. The maximum atomic E-state index is 12.4. The first-order chi connectivity index (χ1) is 10.2. The lowest BCUT2D eigenvalue weighted by Gasteiger charge is -2.09. The molecule has 1 aromatic carbocycles. The third-order valence-electron chi connectivity index (χ3n) is 3.76. The molecule has 1 amide bonds. The number of aryl methyl sites for hydroxylation is 3. The number of hydrogen-bond acceptors (Lipinski definition) is 4. The average Bonchev–Trinajstić information content (AvgIpc) is 2.88. The van der Waals surface area contributed by atoms with E-state index in [-0.39, 0.29) is 5.91 Å². The molecule has 110 valence electrons. The smallest absolute Gasteiger partial charge is 0.259 e. The number of fused-ring (bicyclic) bond motifs is 1. The van der Waals surface area contributed by atoms with Gasteiger partial charge in [0.1, 0.15) is 0 Å². The molecule has 2 aromatic rings. The number of amides is 1. The largest absolute Gasteiger partial charge is 0.387 e. The number of anilines is 2. The van der Waals surface area contributed by atoms with Crippen molar-refractivity contribution in [1.82, 2.24) is 4.98 Å². The highest BCUT2D eigenvalue weighted by molar-refractivity contribution is 7.15. The number of aromatic nitrogens is 1. The van der Waals surface area contributed by atoms with Gasteiger partial charge in [0.05, 0.1) is 11.3 Å². The summed E-state index contributed by atoms with van der Waals surface area (Å²) in [6, 6.07) is 5.77. The SMILES string of the molecule is CNc1cc(C)ccc1C(=O)Nc1nc2c(s1)CCCC2. The van der Waals surface area contributed by atoms with Crippen LogP contribution in [0.2, 0.25) is 0 Å². The van der Waals surface area contributed by atoms with Crippen LogP contribution in [0, 0.1) is 6.92 Å². The number of carbonyl (C=O) groups is 1. The second-order valence-electron chi connectivity index (χ2n) is 5.35. The van der Waals surface area contributed by atoms with E-state index in [4.69, 9.17) is 0 Å². The van der Waals surface area contributed by atoms with E-state index >= 15 is 0 Å². The molecule has 0 radical (unpaired) electrons. The fourth-order valence-corrected chi connectivity index (χ4v) is 3.68. The molecular formula is C16H19N3OS. The van der Waals surface area contributed by atoms with Gasteiger partial charge in [-0.05, 0) is 50.3 Å². The predicted octanol–water partition coefficient (Wildman–Crippen LogP) is 3.62. The molecule has 0 saturated carbocycles. The van der Waals surface area contributed by atoms with Crippen LogP contribution in [0.15, 0.2) is 18.2 Å². The van der Waals surface area contributed by atoms with Crippen molar-refractivity contribution >= 4 is 28.1 Å². The van der Waals surface area contributed by atoms with Crippen LogP contribution in [0.3, 0.4) is 0 Å². The zero-order valence-electron chi connectivity index (χ0n) is 12.3. The predicted molar refractivity (Wildman–Crippen MR) is 87.4 cm³/mol. The summed E-state index contributed by atoms with van der Waals surface area (Å²) < 4.78 is 0. The fraction of sp³-hybridized carbons (Fsp3) is 0.375. The van der Waals surface area contributed by atoms with Gasteiger partial charge in [-0.2, -0.15) is 0 Å². The van der Waals surface area contributed by atoms with Gasteiger partial charge in [-0.25, -0.2) is 4.98 Å². The molecule has 0 unspecified atom stereocenters. The van der Waals surface area contributed by atoms with Gasteiger partial charge in [0, 0.05) is 17.6 Å². The van der Waals surface area contributed by atoms with Crippen LogP contribution in [0.4, 0.5) is 10.8 Å². The Balaban J connectivity index is 1.81. The van der Waals surface area contributed by atoms with Crippen molar-refractivity contribution in [2.24, 2.45) is 0 Å². The number of carbonyl (C=O) groups excluding carboxylic acids is 1. The van der Waals surface area contributed by atoms with Crippen molar-refractivity contribution in [3.05, 3.63) is 39.9 Å². The molecule has 1 aromatic heterocycles. The Kier molecular flexibility index (Phi) is 3.92. The molecule has 0 atom stereocenters. The van der Waals surface area contributed by atoms with Crippen LogP contribution in [-0.4, -0.2) is 17.9 Å². The first-order valence-electron chi connectivity index (χ1n) is 7.25. The van der Waals surface area contributed by atoms with Gasteiger partial charge in [-0.1, -0.05) is 6.07 Å². The van der Waals surface area contributed by atoms with Crippen molar-refractivity contribution in [2.45, 2.75) is 32.6 Å². The first kappa shape index (κ1) is 14.1. The summed E-state index contributed by atoms with van der Waals surface area (Å²) in [6.45, 7) is 2.01. The molecule has 2 N–H and O–H groups in total. The summed E-state index contributed by atoms with van der Waals surface area (Å²) in [7, 11) is 1.83. The molecule has 5 heteroatoms. The minimum absolute atomic E-state index is 0.106. The summed E-state index contributed by atoms with van der Waals surface area (Å²) in [4.78, 5) is 18.3. The summed E-state index contributed by atoms with van der Waals surface area (Å²) in [5.74, 6) is -0.106. The minimum Gasteiger partial charge on any atom is -0.387 e. The van der Waals surface area contributed by atoms with Crippen LogP contribution in [0.25, 0.3) is 0 Å². The van der Waals surface area contributed by atoms with E-state index in [1.807, 2.05) is 32.2 Å². The summed E-state index contributed by atoms with van der Waals surface area (Å²) >= 11 is 1.61. The summed E-state index contributed by atoms with van der Waals surface area (Å²) in [5, 5.41) is 6.73. The van der Waals surface area contributed by atoms with Crippen LogP contribution in [0.5, 0.6) is 0 Å². The second-order valence-corrected chi connectivity index (χ2v) is 6.43. The number of rotatable bonds is 3. The van der Waals surface area contributed by atoms with Crippen molar-refractivity contribution < 1.29 is 4.79 Å². The highest BCUT2D eigenvalue weighted by Crippen LogP contribution is 2.30. The molecule has 0 bridgehead atoms. The molecule has 1 aliphatic carbocycles. The van der Waals surface area contributed by atoms with Crippen molar-refractivity contribution in [3.8, 4) is 0 Å². The van der Waals surface area contributed by atoms with Gasteiger partial charge >= 0.3 is 0 Å². The van der Waals surface area contributed by atoms with Crippen LogP contribution in [-0.2, 0) is 12.8 Å². The van der Waals surface area contributed by atoms with Crippen molar-refractivity contribution in [3.63, 3.8) is 0 Å². The second kappa shape index (κ2) is 5.85. The number of benzene rings is 1. The number of nitrogens with zero attached hydrogens (tertiary/aromatic N) is 1. The van der Waals surface area contributed by atoms with Crippen LogP contribution < -0.4 is 10.6 Å². The number of thiazole rings is 1. The molecule has 0 aliphatic heterocycles. The topological polar surface area (TPSA) is 54.0 Å². The molecule has 3 rings (SSSR count). The molecule has 1 aliphatic rings. The third kappa shape index (κ3) is 2.93. The van der Waals surface area contributed by atoms with Gasteiger partial charge < -0.3 is 5.32 Å². The van der Waals surface area contributed by atoms with E-state index in [1.165, 1.54) is 23.4 Å². The van der Waals surface area contributed by atoms with E-state index < -0.39 is 0 Å². The van der Waals surface area contributed by atoms with Crippen LogP contribution >= 0.6 is 11.3 Å². The Morgan fingerprint density at radius 2 is 2.10 bits per heavy atom. The monoisotopic (exact) mass is 301 g/mol. The molecule has 4 nitrogen and oxygen atoms in total. The minimum atomic E-state index is -0.106. The molecule has 0 fully saturated rings. The van der Waals surface area contributed by atoms with Gasteiger partial charge in [-0.3, -0.25) is 10.1 Å². The normalized spacial score (nSPS) is 13.6. The molecule has 0 saturated heterocycles. The molecular weight excluding hydrogens is 282 g/mol. The number of nitrogens with one attached hydrogen (secondary N) is 2. The number of hydrogen-bond donors (Lipinski definition) is 2. The molecule has 21 heavy (non-hydrogen) atoms. The lowest BCUT2D eigenvalue weighted by Crippen LogP contribution is -2.14. The average molecular weight is 301 g/mol. The quantitative estimate of drug-likeness (QED) is 0.910. The summed E-state index contributed by atoms with van der Waals surface area (Å²) in [6.07, 6.45) is 4.56. The van der Waals surface area contributed by atoms with Gasteiger partial charge in [-0.15, -0.1) is 11.3 Å².